The summed E-state index contributed by atoms with van der Waals surface area (Å²) in [6, 6.07) is 4.23. The Morgan fingerprint density at radius 3 is 2.94 bits per heavy atom. The van der Waals surface area contributed by atoms with Gasteiger partial charge in [-0.25, -0.2) is 4.98 Å². The zero-order valence-electron chi connectivity index (χ0n) is 9.19. The van der Waals surface area contributed by atoms with Gasteiger partial charge in [0.05, 0.1) is 6.20 Å². The monoisotopic (exact) mass is 216 g/mol. The molecule has 0 bridgehead atoms. The fraction of sp³-hybridized carbons (Fsp3) is 0.417. The van der Waals surface area contributed by atoms with E-state index < -0.39 is 0 Å². The number of rotatable bonds is 1. The standard InChI is InChI=1S/C12H16N4/c13-11-7-15-12-2-1-10(8-16(11)12)9-3-5-14-6-4-9/h1-2,7-9,14H,3-6,13H2. The molecule has 1 aliphatic heterocycles. The molecule has 0 unspecified atom stereocenters. The van der Waals surface area contributed by atoms with Crippen molar-refractivity contribution in [1.29, 1.82) is 0 Å². The number of pyridine rings is 1. The summed E-state index contributed by atoms with van der Waals surface area (Å²) < 4.78 is 1.97. The highest BCUT2D eigenvalue weighted by molar-refractivity contribution is 5.49. The number of anilines is 1. The van der Waals surface area contributed by atoms with Crippen molar-refractivity contribution < 1.29 is 0 Å². The minimum absolute atomic E-state index is 0.660. The van der Waals surface area contributed by atoms with Crippen molar-refractivity contribution in [3.63, 3.8) is 0 Å². The van der Waals surface area contributed by atoms with E-state index in [1.807, 2.05) is 10.5 Å². The normalized spacial score (nSPS) is 18.0. The number of nitrogens with two attached hydrogens (primary N) is 1. The van der Waals surface area contributed by atoms with Crippen LogP contribution in [-0.4, -0.2) is 22.5 Å². The van der Waals surface area contributed by atoms with Crippen LogP contribution in [0.4, 0.5) is 5.82 Å². The number of hydrogen-bond acceptors (Lipinski definition) is 3. The Labute approximate surface area is 94.5 Å². The fourth-order valence-corrected chi connectivity index (χ4v) is 2.41. The summed E-state index contributed by atoms with van der Waals surface area (Å²) in [6.45, 7) is 2.23. The number of aromatic nitrogens is 2. The molecule has 0 aliphatic carbocycles. The molecule has 0 saturated carbocycles. The third-order valence-electron chi connectivity index (χ3n) is 3.37. The second-order valence-electron chi connectivity index (χ2n) is 4.40. The Morgan fingerprint density at radius 2 is 2.12 bits per heavy atom. The first kappa shape index (κ1) is 9.66. The number of nitrogen functional groups attached to an aromatic ring is 1. The van der Waals surface area contributed by atoms with Gasteiger partial charge in [0.15, 0.2) is 0 Å². The van der Waals surface area contributed by atoms with Crippen molar-refractivity contribution in [2.24, 2.45) is 0 Å². The number of nitrogens with zero attached hydrogens (tertiary/aromatic N) is 2. The molecule has 0 amide bonds. The lowest BCUT2D eigenvalue weighted by Gasteiger charge is -2.23. The van der Waals surface area contributed by atoms with E-state index in [1.54, 1.807) is 6.20 Å². The molecule has 0 atom stereocenters. The minimum Gasteiger partial charge on any atom is -0.383 e. The summed E-state index contributed by atoms with van der Waals surface area (Å²) in [5.41, 5.74) is 8.16. The molecule has 3 N–H and O–H groups in total. The number of piperidine rings is 1. The average molecular weight is 216 g/mol. The third kappa shape index (κ3) is 1.55. The first-order valence-electron chi connectivity index (χ1n) is 5.78. The van der Waals surface area contributed by atoms with E-state index in [0.717, 1.165) is 18.7 Å². The van der Waals surface area contributed by atoms with Gasteiger partial charge in [0.2, 0.25) is 0 Å². The average Bonchev–Trinajstić information content (AvgIpc) is 2.72. The van der Waals surface area contributed by atoms with Crippen LogP contribution in [0.2, 0.25) is 0 Å². The lowest BCUT2D eigenvalue weighted by atomic mass is 9.91. The van der Waals surface area contributed by atoms with Gasteiger partial charge < -0.3 is 11.1 Å². The number of fused-ring (bicyclic) bond motifs is 1. The zero-order valence-corrected chi connectivity index (χ0v) is 9.19. The number of nitrogens with one attached hydrogen (secondary N) is 1. The second-order valence-corrected chi connectivity index (χ2v) is 4.40. The molecule has 1 fully saturated rings. The van der Waals surface area contributed by atoms with E-state index in [4.69, 9.17) is 5.73 Å². The topological polar surface area (TPSA) is 55.3 Å². The van der Waals surface area contributed by atoms with Gasteiger partial charge in [0, 0.05) is 6.20 Å². The molecule has 3 rings (SSSR count). The maximum atomic E-state index is 5.86. The van der Waals surface area contributed by atoms with Crippen LogP contribution in [-0.2, 0) is 0 Å². The van der Waals surface area contributed by atoms with Crippen LogP contribution < -0.4 is 11.1 Å². The van der Waals surface area contributed by atoms with E-state index in [9.17, 15) is 0 Å². The molecule has 4 nitrogen and oxygen atoms in total. The minimum atomic E-state index is 0.660. The van der Waals surface area contributed by atoms with E-state index >= 15 is 0 Å². The van der Waals surface area contributed by atoms with E-state index in [2.05, 4.69) is 22.6 Å². The van der Waals surface area contributed by atoms with Crippen LogP contribution >= 0.6 is 0 Å². The summed E-state index contributed by atoms with van der Waals surface area (Å²) in [6.07, 6.45) is 6.26. The zero-order chi connectivity index (χ0) is 11.0. The lowest BCUT2D eigenvalue weighted by Crippen LogP contribution is -2.26. The number of hydrogen-bond donors (Lipinski definition) is 2. The Bertz CT molecular complexity index is 497. The second kappa shape index (κ2) is 3.79. The molecule has 4 heteroatoms. The first-order valence-corrected chi connectivity index (χ1v) is 5.78. The van der Waals surface area contributed by atoms with Crippen molar-refractivity contribution >= 4 is 11.5 Å². The predicted molar refractivity (Wildman–Crippen MR) is 64.4 cm³/mol. The van der Waals surface area contributed by atoms with Gasteiger partial charge in [-0.05, 0) is 43.5 Å². The molecule has 16 heavy (non-hydrogen) atoms. The molecule has 3 heterocycles. The quantitative estimate of drug-likeness (QED) is 0.757. The largest absolute Gasteiger partial charge is 0.383 e. The Balaban J connectivity index is 1.99. The summed E-state index contributed by atoms with van der Waals surface area (Å²) in [7, 11) is 0. The Kier molecular flexibility index (Phi) is 2.29. The van der Waals surface area contributed by atoms with Gasteiger partial charge in [-0.1, -0.05) is 6.07 Å². The van der Waals surface area contributed by atoms with Crippen molar-refractivity contribution in [1.82, 2.24) is 14.7 Å². The van der Waals surface area contributed by atoms with Crippen LogP contribution in [0.15, 0.2) is 24.5 Å². The highest BCUT2D eigenvalue weighted by Crippen LogP contribution is 2.25. The smallest absolute Gasteiger partial charge is 0.138 e. The van der Waals surface area contributed by atoms with Crippen LogP contribution in [0.3, 0.4) is 0 Å². The molecule has 1 aliphatic rings. The summed E-state index contributed by atoms with van der Waals surface area (Å²) in [5.74, 6) is 1.37. The van der Waals surface area contributed by atoms with E-state index in [0.29, 0.717) is 11.7 Å². The van der Waals surface area contributed by atoms with Crippen LogP contribution in [0.25, 0.3) is 5.65 Å². The molecule has 2 aromatic rings. The van der Waals surface area contributed by atoms with Gasteiger partial charge in [0.1, 0.15) is 11.5 Å². The van der Waals surface area contributed by atoms with Gasteiger partial charge in [-0.3, -0.25) is 4.40 Å². The first-order chi connectivity index (χ1) is 7.84. The Hall–Kier alpha value is -1.55. The molecule has 2 aromatic heterocycles. The van der Waals surface area contributed by atoms with Gasteiger partial charge in [0.25, 0.3) is 0 Å². The number of imidazole rings is 1. The highest BCUT2D eigenvalue weighted by atomic mass is 15.1. The molecule has 1 saturated heterocycles. The molecule has 0 spiro atoms. The Morgan fingerprint density at radius 1 is 1.31 bits per heavy atom. The van der Waals surface area contributed by atoms with E-state index in [1.165, 1.54) is 18.4 Å². The SMILES string of the molecule is Nc1cnc2ccc(C3CCNCC3)cn12. The van der Waals surface area contributed by atoms with Crippen molar-refractivity contribution in [2.75, 3.05) is 18.8 Å². The van der Waals surface area contributed by atoms with E-state index in [-0.39, 0.29) is 0 Å². The molecule has 84 valence electrons. The van der Waals surface area contributed by atoms with Gasteiger partial charge >= 0.3 is 0 Å². The lowest BCUT2D eigenvalue weighted by molar-refractivity contribution is 0.459. The summed E-state index contributed by atoms with van der Waals surface area (Å²) >= 11 is 0. The van der Waals surface area contributed by atoms with Crippen LogP contribution in [0.5, 0.6) is 0 Å². The molecular weight excluding hydrogens is 200 g/mol. The highest BCUT2D eigenvalue weighted by Gasteiger charge is 2.15. The fourth-order valence-electron chi connectivity index (χ4n) is 2.41. The summed E-state index contributed by atoms with van der Waals surface area (Å²) in [5, 5.41) is 3.38. The third-order valence-corrected chi connectivity index (χ3v) is 3.37. The maximum Gasteiger partial charge on any atom is 0.138 e. The van der Waals surface area contributed by atoms with Gasteiger partial charge in [-0.2, -0.15) is 0 Å². The maximum absolute atomic E-state index is 5.86. The molecule has 0 aromatic carbocycles. The predicted octanol–water partition coefficient (Wildman–Crippen LogP) is 1.38. The molecular formula is C12H16N4. The summed E-state index contributed by atoms with van der Waals surface area (Å²) in [4.78, 5) is 4.23. The van der Waals surface area contributed by atoms with Crippen LogP contribution in [0.1, 0.15) is 24.3 Å². The van der Waals surface area contributed by atoms with Crippen LogP contribution in [0, 0.1) is 0 Å². The molecule has 0 radical (unpaired) electrons. The van der Waals surface area contributed by atoms with Crippen molar-refractivity contribution in [2.45, 2.75) is 18.8 Å². The van der Waals surface area contributed by atoms with Crippen molar-refractivity contribution in [3.05, 3.63) is 30.1 Å². The van der Waals surface area contributed by atoms with Crippen molar-refractivity contribution in [3.8, 4) is 0 Å². The van der Waals surface area contributed by atoms with Gasteiger partial charge in [-0.15, -0.1) is 0 Å².